The fraction of sp³-hybridized carbons (Fsp3) is 0.545. The third kappa shape index (κ3) is 3.47. The molecule has 2 heterocycles. The van der Waals surface area contributed by atoms with E-state index in [1.54, 1.807) is 12.3 Å². The summed E-state index contributed by atoms with van der Waals surface area (Å²) < 4.78 is 5.25. The number of nitrogens with one attached hydrogen (secondary N) is 2. The summed E-state index contributed by atoms with van der Waals surface area (Å²) in [6.07, 6.45) is 1.61. The van der Waals surface area contributed by atoms with E-state index in [-0.39, 0.29) is 5.91 Å². The Morgan fingerprint density at radius 1 is 1.53 bits per heavy atom. The monoisotopic (exact) mass is 238 g/mol. The average molecular weight is 238 g/mol. The maximum absolute atomic E-state index is 11.7. The molecule has 6 heteroatoms. The van der Waals surface area contributed by atoms with Crippen molar-refractivity contribution in [2.45, 2.75) is 0 Å². The minimum Gasteiger partial charge on any atom is -0.397 e. The Bertz CT molecular complexity index is 371. The van der Waals surface area contributed by atoms with Crippen LogP contribution in [0.3, 0.4) is 0 Å². The van der Waals surface area contributed by atoms with Crippen molar-refractivity contribution in [1.82, 2.24) is 15.2 Å². The summed E-state index contributed by atoms with van der Waals surface area (Å²) in [4.78, 5) is 16.8. The highest BCUT2D eigenvalue weighted by Crippen LogP contribution is 2.03. The van der Waals surface area contributed by atoms with E-state index in [1.807, 2.05) is 0 Å². The second kappa shape index (κ2) is 5.70. The van der Waals surface area contributed by atoms with Crippen molar-refractivity contribution in [2.75, 3.05) is 45.1 Å². The molecule has 0 aliphatic carbocycles. The van der Waals surface area contributed by atoms with Crippen molar-refractivity contribution in [2.24, 2.45) is 0 Å². The molecule has 1 fully saturated rings. The number of nitrogens with two attached hydrogens (primary N) is 1. The molecule has 1 aliphatic rings. The van der Waals surface area contributed by atoms with Gasteiger partial charge in [-0.25, -0.2) is 0 Å². The van der Waals surface area contributed by atoms with E-state index in [1.165, 1.54) is 0 Å². The van der Waals surface area contributed by atoms with Gasteiger partial charge in [-0.1, -0.05) is 0 Å². The van der Waals surface area contributed by atoms with E-state index < -0.39 is 0 Å². The maximum Gasteiger partial charge on any atom is 0.267 e. The van der Waals surface area contributed by atoms with Gasteiger partial charge in [0.25, 0.3) is 5.91 Å². The van der Waals surface area contributed by atoms with Gasteiger partial charge in [-0.05, 0) is 6.07 Å². The molecule has 17 heavy (non-hydrogen) atoms. The predicted octanol–water partition coefficient (Wildman–Crippen LogP) is -0.341. The van der Waals surface area contributed by atoms with Crippen LogP contribution in [0.5, 0.6) is 0 Å². The molecule has 4 N–H and O–H groups in total. The van der Waals surface area contributed by atoms with Crippen LogP contribution in [0, 0.1) is 0 Å². The first-order valence-electron chi connectivity index (χ1n) is 5.78. The van der Waals surface area contributed by atoms with Gasteiger partial charge < -0.3 is 20.8 Å². The molecule has 0 spiro atoms. The molecule has 1 saturated heterocycles. The summed E-state index contributed by atoms with van der Waals surface area (Å²) in [5.74, 6) is -0.116. The molecule has 1 amide bonds. The summed E-state index contributed by atoms with van der Waals surface area (Å²) in [5.41, 5.74) is 6.61. The first-order valence-corrected chi connectivity index (χ1v) is 5.78. The first-order chi connectivity index (χ1) is 8.25. The molecular weight excluding hydrogens is 220 g/mol. The van der Waals surface area contributed by atoms with Crippen LogP contribution < -0.4 is 11.1 Å². The lowest BCUT2D eigenvalue weighted by Gasteiger charge is -2.26. The Balaban J connectivity index is 1.69. The third-order valence-electron chi connectivity index (χ3n) is 2.77. The number of nitrogens with zero attached hydrogens (tertiary/aromatic N) is 1. The summed E-state index contributed by atoms with van der Waals surface area (Å²) in [5, 5.41) is 2.85. The summed E-state index contributed by atoms with van der Waals surface area (Å²) in [6, 6.07) is 1.63. The molecule has 0 unspecified atom stereocenters. The molecule has 1 aromatic rings. The summed E-state index contributed by atoms with van der Waals surface area (Å²) in [7, 11) is 0. The fourth-order valence-electron chi connectivity index (χ4n) is 1.79. The van der Waals surface area contributed by atoms with Gasteiger partial charge in [-0.15, -0.1) is 0 Å². The van der Waals surface area contributed by atoms with Gasteiger partial charge in [0.05, 0.1) is 13.2 Å². The van der Waals surface area contributed by atoms with E-state index in [0.717, 1.165) is 32.8 Å². The van der Waals surface area contributed by atoms with Crippen molar-refractivity contribution in [3.8, 4) is 0 Å². The lowest BCUT2D eigenvalue weighted by Crippen LogP contribution is -2.41. The SMILES string of the molecule is Nc1c[nH]c(C(=O)NCCN2CCOCC2)c1. The molecule has 6 nitrogen and oxygen atoms in total. The number of carbonyl (C=O) groups is 1. The fourth-order valence-corrected chi connectivity index (χ4v) is 1.79. The minimum atomic E-state index is -0.116. The highest BCUT2D eigenvalue weighted by Gasteiger charge is 2.11. The second-order valence-corrected chi connectivity index (χ2v) is 4.06. The van der Waals surface area contributed by atoms with Crippen molar-refractivity contribution in [3.63, 3.8) is 0 Å². The lowest BCUT2D eigenvalue weighted by atomic mass is 10.3. The van der Waals surface area contributed by atoms with Gasteiger partial charge >= 0.3 is 0 Å². The number of ether oxygens (including phenoxy) is 1. The van der Waals surface area contributed by atoms with E-state index in [4.69, 9.17) is 10.5 Å². The Hall–Kier alpha value is -1.53. The first kappa shape index (κ1) is 11.9. The van der Waals surface area contributed by atoms with Crippen LogP contribution >= 0.6 is 0 Å². The normalized spacial score (nSPS) is 16.9. The highest BCUT2D eigenvalue weighted by atomic mass is 16.5. The minimum absolute atomic E-state index is 0.116. The standard InChI is InChI=1S/C11H18N4O2/c12-9-7-10(14-8-9)11(16)13-1-2-15-3-5-17-6-4-15/h7-8,14H,1-6,12H2,(H,13,16). The molecule has 2 rings (SSSR count). The predicted molar refractivity (Wildman–Crippen MR) is 64.8 cm³/mol. The number of rotatable bonds is 4. The molecule has 0 saturated carbocycles. The number of aromatic nitrogens is 1. The van der Waals surface area contributed by atoms with Gasteiger partial charge in [0.15, 0.2) is 0 Å². The van der Waals surface area contributed by atoms with Gasteiger partial charge in [-0.2, -0.15) is 0 Å². The van der Waals surface area contributed by atoms with Crippen LogP contribution in [0.2, 0.25) is 0 Å². The topological polar surface area (TPSA) is 83.4 Å². The van der Waals surface area contributed by atoms with Crippen LogP contribution in [0.25, 0.3) is 0 Å². The summed E-state index contributed by atoms with van der Waals surface area (Å²) >= 11 is 0. The van der Waals surface area contributed by atoms with Gasteiger partial charge in [0.1, 0.15) is 5.69 Å². The number of H-pyrrole nitrogens is 1. The Kier molecular flexibility index (Phi) is 4.00. The zero-order valence-corrected chi connectivity index (χ0v) is 9.74. The van der Waals surface area contributed by atoms with Gasteiger partial charge in [-0.3, -0.25) is 9.69 Å². The second-order valence-electron chi connectivity index (χ2n) is 4.06. The number of morpholine rings is 1. The molecule has 0 atom stereocenters. The van der Waals surface area contributed by atoms with Gasteiger partial charge in [0.2, 0.25) is 0 Å². The van der Waals surface area contributed by atoms with Crippen LogP contribution in [0.4, 0.5) is 5.69 Å². The van der Waals surface area contributed by atoms with Crippen LogP contribution in [0.15, 0.2) is 12.3 Å². The molecule has 1 aliphatic heterocycles. The number of amides is 1. The Morgan fingerprint density at radius 3 is 2.94 bits per heavy atom. The Labute approximate surface area is 100 Å². The van der Waals surface area contributed by atoms with Crippen LogP contribution in [-0.4, -0.2) is 55.2 Å². The molecular formula is C11H18N4O2. The highest BCUT2D eigenvalue weighted by molar-refractivity contribution is 5.93. The van der Waals surface area contributed by atoms with Crippen molar-refractivity contribution in [1.29, 1.82) is 0 Å². The molecule has 0 bridgehead atoms. The maximum atomic E-state index is 11.7. The van der Waals surface area contributed by atoms with Crippen LogP contribution in [0.1, 0.15) is 10.5 Å². The summed E-state index contributed by atoms with van der Waals surface area (Å²) in [6.45, 7) is 4.92. The van der Waals surface area contributed by atoms with E-state index >= 15 is 0 Å². The van der Waals surface area contributed by atoms with Crippen molar-refractivity contribution < 1.29 is 9.53 Å². The lowest BCUT2D eigenvalue weighted by molar-refractivity contribution is 0.0383. The smallest absolute Gasteiger partial charge is 0.267 e. The number of carbonyl (C=O) groups excluding carboxylic acids is 1. The van der Waals surface area contributed by atoms with Crippen LogP contribution in [-0.2, 0) is 4.74 Å². The van der Waals surface area contributed by atoms with E-state index in [0.29, 0.717) is 17.9 Å². The molecule has 94 valence electrons. The number of aromatic amines is 1. The van der Waals surface area contributed by atoms with Gasteiger partial charge in [0, 0.05) is 38.1 Å². The van der Waals surface area contributed by atoms with E-state index in [2.05, 4.69) is 15.2 Å². The number of hydrogen-bond acceptors (Lipinski definition) is 4. The quantitative estimate of drug-likeness (QED) is 0.670. The zero-order valence-electron chi connectivity index (χ0n) is 9.74. The number of anilines is 1. The van der Waals surface area contributed by atoms with E-state index in [9.17, 15) is 4.79 Å². The number of nitrogen functional groups attached to an aromatic ring is 1. The van der Waals surface area contributed by atoms with Crippen molar-refractivity contribution >= 4 is 11.6 Å². The third-order valence-corrected chi connectivity index (χ3v) is 2.77. The molecule has 0 radical (unpaired) electrons. The number of hydrogen-bond donors (Lipinski definition) is 3. The largest absolute Gasteiger partial charge is 0.397 e. The molecule has 0 aromatic carbocycles. The van der Waals surface area contributed by atoms with Crippen molar-refractivity contribution in [3.05, 3.63) is 18.0 Å². The molecule has 1 aromatic heterocycles. The Morgan fingerprint density at radius 2 is 2.29 bits per heavy atom. The average Bonchev–Trinajstić information content (AvgIpc) is 2.77. The zero-order chi connectivity index (χ0) is 12.1.